The highest BCUT2D eigenvalue weighted by molar-refractivity contribution is 5.85. The van der Waals surface area contributed by atoms with Crippen molar-refractivity contribution in [1.82, 2.24) is 5.32 Å². The van der Waals surface area contributed by atoms with E-state index >= 15 is 0 Å². The lowest BCUT2D eigenvalue weighted by atomic mass is 9.79. The lowest BCUT2D eigenvalue weighted by molar-refractivity contribution is -0.121. The molecule has 1 unspecified atom stereocenters. The summed E-state index contributed by atoms with van der Waals surface area (Å²) >= 11 is 0. The highest BCUT2D eigenvalue weighted by Crippen LogP contribution is 2.40. The van der Waals surface area contributed by atoms with Gasteiger partial charge in [0.05, 0.1) is 0 Å². The van der Waals surface area contributed by atoms with Crippen LogP contribution in [0.4, 0.5) is 0 Å². The van der Waals surface area contributed by atoms with Gasteiger partial charge in [0.15, 0.2) is 0 Å². The number of carbonyl (C=O) groups is 1. The van der Waals surface area contributed by atoms with Gasteiger partial charge in [0, 0.05) is 24.4 Å². The summed E-state index contributed by atoms with van der Waals surface area (Å²) in [6.45, 7) is 2.70. The summed E-state index contributed by atoms with van der Waals surface area (Å²) in [4.78, 5) is 11.9. The molecule has 1 aromatic rings. The van der Waals surface area contributed by atoms with Gasteiger partial charge in [-0.1, -0.05) is 43.2 Å². The first-order valence-corrected chi connectivity index (χ1v) is 7.70. The van der Waals surface area contributed by atoms with Crippen molar-refractivity contribution in [3.8, 4) is 0 Å². The molecule has 1 aliphatic carbocycles. The van der Waals surface area contributed by atoms with E-state index in [0.717, 1.165) is 13.0 Å². The summed E-state index contributed by atoms with van der Waals surface area (Å²) < 4.78 is 0. The van der Waals surface area contributed by atoms with E-state index in [4.69, 9.17) is 5.73 Å². The third-order valence-corrected chi connectivity index (χ3v) is 4.40. The van der Waals surface area contributed by atoms with Crippen LogP contribution >= 0.6 is 12.4 Å². The molecule has 1 aromatic carbocycles. The highest BCUT2D eigenvalue weighted by atomic mass is 35.5. The largest absolute Gasteiger partial charge is 0.355 e. The minimum atomic E-state index is 0. The van der Waals surface area contributed by atoms with Crippen LogP contribution in [0.15, 0.2) is 30.3 Å². The van der Waals surface area contributed by atoms with Gasteiger partial charge in [-0.2, -0.15) is 0 Å². The van der Waals surface area contributed by atoms with Gasteiger partial charge in [-0.25, -0.2) is 0 Å². The van der Waals surface area contributed by atoms with Gasteiger partial charge < -0.3 is 11.1 Å². The lowest BCUT2D eigenvalue weighted by Gasteiger charge is -2.30. The fourth-order valence-electron chi connectivity index (χ4n) is 3.13. The molecule has 1 aliphatic rings. The van der Waals surface area contributed by atoms with E-state index in [2.05, 4.69) is 29.6 Å². The number of carbonyl (C=O) groups excluding carboxylic acids is 1. The Labute approximate surface area is 134 Å². The van der Waals surface area contributed by atoms with Crippen molar-refractivity contribution < 1.29 is 4.79 Å². The van der Waals surface area contributed by atoms with E-state index < -0.39 is 0 Å². The van der Waals surface area contributed by atoms with E-state index in [-0.39, 0.29) is 29.8 Å². The Morgan fingerprint density at radius 2 is 1.90 bits per heavy atom. The standard InChI is InChI=1S/C17H26N2O.ClH/c1-14(18)9-10-16(20)19-13-17(11-5-6-12-17)15-7-3-2-4-8-15;/h2-4,7-8,14H,5-6,9-13,18H2,1H3,(H,19,20);1H. The van der Waals surface area contributed by atoms with E-state index in [1.54, 1.807) is 0 Å². The van der Waals surface area contributed by atoms with Gasteiger partial charge in [0.25, 0.3) is 0 Å². The Morgan fingerprint density at radius 1 is 1.29 bits per heavy atom. The maximum absolute atomic E-state index is 11.9. The zero-order valence-electron chi connectivity index (χ0n) is 12.8. The Kier molecular flexibility index (Phi) is 7.20. The Bertz CT molecular complexity index is 428. The molecular formula is C17H27ClN2O. The summed E-state index contributed by atoms with van der Waals surface area (Å²) in [7, 11) is 0. The van der Waals surface area contributed by atoms with Crippen molar-refractivity contribution in [2.24, 2.45) is 5.73 Å². The second kappa shape index (κ2) is 8.40. The molecule has 2 rings (SSSR count). The van der Waals surface area contributed by atoms with Crippen LogP contribution in [-0.4, -0.2) is 18.5 Å². The zero-order chi connectivity index (χ0) is 14.4. The molecule has 3 nitrogen and oxygen atoms in total. The van der Waals surface area contributed by atoms with Crippen molar-refractivity contribution in [2.75, 3.05) is 6.54 Å². The minimum Gasteiger partial charge on any atom is -0.355 e. The minimum absolute atomic E-state index is 0. The van der Waals surface area contributed by atoms with Crippen LogP contribution in [0.1, 0.15) is 51.0 Å². The zero-order valence-corrected chi connectivity index (χ0v) is 13.6. The van der Waals surface area contributed by atoms with Crippen LogP contribution in [0.5, 0.6) is 0 Å². The number of nitrogens with two attached hydrogens (primary N) is 1. The third-order valence-electron chi connectivity index (χ3n) is 4.40. The molecule has 0 spiro atoms. The van der Waals surface area contributed by atoms with Crippen molar-refractivity contribution in [2.45, 2.75) is 56.9 Å². The molecule has 0 heterocycles. The maximum atomic E-state index is 11.9. The number of nitrogens with one attached hydrogen (secondary N) is 1. The predicted octanol–water partition coefficient (Wildman–Crippen LogP) is 3.16. The molecule has 21 heavy (non-hydrogen) atoms. The number of halogens is 1. The highest BCUT2D eigenvalue weighted by Gasteiger charge is 2.35. The smallest absolute Gasteiger partial charge is 0.220 e. The molecule has 3 N–H and O–H groups in total. The molecule has 118 valence electrons. The second-order valence-electron chi connectivity index (χ2n) is 6.15. The summed E-state index contributed by atoms with van der Waals surface area (Å²) in [5, 5.41) is 3.12. The maximum Gasteiger partial charge on any atom is 0.220 e. The fourth-order valence-corrected chi connectivity index (χ4v) is 3.13. The normalized spacial score (nSPS) is 17.8. The van der Waals surface area contributed by atoms with E-state index in [1.807, 2.05) is 13.0 Å². The van der Waals surface area contributed by atoms with Crippen molar-refractivity contribution in [3.05, 3.63) is 35.9 Å². The summed E-state index contributed by atoms with van der Waals surface area (Å²) in [6, 6.07) is 10.7. The molecule has 1 atom stereocenters. The van der Waals surface area contributed by atoms with Crippen LogP contribution in [0, 0.1) is 0 Å². The second-order valence-corrected chi connectivity index (χ2v) is 6.15. The molecule has 0 saturated heterocycles. The molecule has 1 fully saturated rings. The molecule has 0 aromatic heterocycles. The van der Waals surface area contributed by atoms with Crippen molar-refractivity contribution in [3.63, 3.8) is 0 Å². The van der Waals surface area contributed by atoms with E-state index in [1.165, 1.54) is 31.2 Å². The molecule has 0 aliphatic heterocycles. The first-order chi connectivity index (χ1) is 9.62. The van der Waals surface area contributed by atoms with Gasteiger partial charge in [0.1, 0.15) is 0 Å². The van der Waals surface area contributed by atoms with Crippen LogP contribution < -0.4 is 11.1 Å². The summed E-state index contributed by atoms with van der Waals surface area (Å²) in [6.07, 6.45) is 6.14. The summed E-state index contributed by atoms with van der Waals surface area (Å²) in [5.74, 6) is 0.129. The van der Waals surface area contributed by atoms with Gasteiger partial charge >= 0.3 is 0 Å². The van der Waals surface area contributed by atoms with Gasteiger partial charge in [0.2, 0.25) is 5.91 Å². The average molecular weight is 311 g/mol. The fraction of sp³-hybridized carbons (Fsp3) is 0.588. The van der Waals surface area contributed by atoms with Crippen LogP contribution in [-0.2, 0) is 10.2 Å². The summed E-state index contributed by atoms with van der Waals surface area (Å²) in [5.41, 5.74) is 7.21. The Balaban J connectivity index is 0.00000220. The Morgan fingerprint density at radius 3 is 2.48 bits per heavy atom. The molecule has 0 bridgehead atoms. The molecule has 1 amide bonds. The molecule has 1 saturated carbocycles. The first-order valence-electron chi connectivity index (χ1n) is 7.70. The van der Waals surface area contributed by atoms with E-state index in [0.29, 0.717) is 6.42 Å². The van der Waals surface area contributed by atoms with E-state index in [9.17, 15) is 4.79 Å². The van der Waals surface area contributed by atoms with Crippen LogP contribution in [0.25, 0.3) is 0 Å². The molecule has 0 radical (unpaired) electrons. The molecular weight excluding hydrogens is 284 g/mol. The number of rotatable bonds is 6. The topological polar surface area (TPSA) is 55.1 Å². The van der Waals surface area contributed by atoms with Gasteiger partial charge in [-0.3, -0.25) is 4.79 Å². The first kappa shape index (κ1) is 18.0. The molecule has 4 heteroatoms. The third kappa shape index (κ3) is 5.01. The predicted molar refractivity (Wildman–Crippen MR) is 89.7 cm³/mol. The van der Waals surface area contributed by atoms with Gasteiger partial charge in [-0.05, 0) is 31.7 Å². The number of amides is 1. The number of benzene rings is 1. The Hall–Kier alpha value is -1.06. The van der Waals surface area contributed by atoms with Crippen LogP contribution in [0.2, 0.25) is 0 Å². The van der Waals surface area contributed by atoms with Gasteiger partial charge in [-0.15, -0.1) is 12.4 Å². The number of hydrogen-bond donors (Lipinski definition) is 2. The van der Waals surface area contributed by atoms with Crippen molar-refractivity contribution in [1.29, 1.82) is 0 Å². The van der Waals surface area contributed by atoms with Crippen LogP contribution in [0.3, 0.4) is 0 Å². The quantitative estimate of drug-likeness (QED) is 0.848. The number of hydrogen-bond acceptors (Lipinski definition) is 2. The van der Waals surface area contributed by atoms with Crippen molar-refractivity contribution >= 4 is 18.3 Å². The lowest BCUT2D eigenvalue weighted by Crippen LogP contribution is -2.39. The SMILES string of the molecule is CC(N)CCC(=O)NCC1(c2ccccc2)CCCC1.Cl. The average Bonchev–Trinajstić information content (AvgIpc) is 2.94. The monoisotopic (exact) mass is 310 g/mol.